The number of anilines is 2. The Hall–Kier alpha value is -3.16. The molecular formula is C21H22ClN5O2. The monoisotopic (exact) mass is 411 g/mol. The number of benzene rings is 2. The normalized spacial score (nSPS) is 11.9. The lowest BCUT2D eigenvalue weighted by Gasteiger charge is -2.14. The lowest BCUT2D eigenvalue weighted by molar-refractivity contribution is 0.102. The number of hydrogen-bond donors (Lipinski definition) is 3. The highest BCUT2D eigenvalue weighted by molar-refractivity contribution is 6.32. The predicted octanol–water partition coefficient (Wildman–Crippen LogP) is 3.31. The Balaban J connectivity index is 2.01. The number of nitrogens with two attached hydrogens (primary N) is 1. The van der Waals surface area contributed by atoms with Crippen molar-refractivity contribution >= 4 is 29.0 Å². The van der Waals surface area contributed by atoms with Gasteiger partial charge in [0.25, 0.3) is 11.5 Å². The van der Waals surface area contributed by atoms with Crippen molar-refractivity contribution in [2.75, 3.05) is 18.1 Å². The molecule has 0 unspecified atom stereocenters. The van der Waals surface area contributed by atoms with Gasteiger partial charge in [-0.05, 0) is 50.2 Å². The molecule has 0 aliphatic rings. The van der Waals surface area contributed by atoms with Gasteiger partial charge in [-0.2, -0.15) is 0 Å². The molecule has 0 aliphatic carbocycles. The first-order valence-electron chi connectivity index (χ1n) is 9.04. The molecule has 0 saturated heterocycles. The minimum atomic E-state index is -0.631. The summed E-state index contributed by atoms with van der Waals surface area (Å²) in [5.74, 6) is -0.776. The standard InChI is InChI=1S/C21H22ClN5O2/c1-12-6-4-9-16(22)18(12)27-11-25-19(23)17(21(27)29)20(28)26-15-8-5-7-14(10-15)13(2)24-3/h4-11,13,24H,23H2,1-3H3,(H,26,28)/t13-/m1/s1. The zero-order valence-corrected chi connectivity index (χ0v) is 17.1. The molecule has 8 heteroatoms. The molecule has 0 bridgehead atoms. The number of nitrogen functional groups attached to an aromatic ring is 1. The first kappa shape index (κ1) is 20.6. The summed E-state index contributed by atoms with van der Waals surface area (Å²) in [4.78, 5) is 30.0. The van der Waals surface area contributed by atoms with Crippen molar-refractivity contribution in [2.24, 2.45) is 0 Å². The Morgan fingerprint density at radius 1 is 1.24 bits per heavy atom. The molecule has 0 aliphatic heterocycles. The van der Waals surface area contributed by atoms with E-state index in [0.717, 1.165) is 11.1 Å². The molecule has 0 radical (unpaired) electrons. The fourth-order valence-electron chi connectivity index (χ4n) is 3.01. The van der Waals surface area contributed by atoms with Gasteiger partial charge < -0.3 is 16.4 Å². The molecule has 1 atom stereocenters. The maximum atomic E-state index is 13.1. The zero-order chi connectivity index (χ0) is 21.1. The lowest BCUT2D eigenvalue weighted by Crippen LogP contribution is -2.31. The van der Waals surface area contributed by atoms with Gasteiger partial charge in [-0.15, -0.1) is 0 Å². The highest BCUT2D eigenvalue weighted by Gasteiger charge is 2.20. The van der Waals surface area contributed by atoms with Crippen LogP contribution in [0, 0.1) is 6.92 Å². The van der Waals surface area contributed by atoms with Crippen LogP contribution in [-0.2, 0) is 0 Å². The molecule has 3 aromatic rings. The number of aromatic nitrogens is 2. The molecule has 1 aromatic heterocycles. The molecule has 7 nitrogen and oxygen atoms in total. The van der Waals surface area contributed by atoms with E-state index in [4.69, 9.17) is 17.3 Å². The Bertz CT molecular complexity index is 1110. The molecule has 150 valence electrons. The molecule has 1 heterocycles. The van der Waals surface area contributed by atoms with E-state index in [0.29, 0.717) is 16.4 Å². The fourth-order valence-corrected chi connectivity index (χ4v) is 3.33. The van der Waals surface area contributed by atoms with E-state index in [1.165, 1.54) is 10.9 Å². The van der Waals surface area contributed by atoms with Crippen molar-refractivity contribution in [3.8, 4) is 5.69 Å². The molecule has 1 amide bonds. The van der Waals surface area contributed by atoms with Gasteiger partial charge in [0.05, 0.1) is 10.7 Å². The molecule has 29 heavy (non-hydrogen) atoms. The Morgan fingerprint density at radius 2 is 1.97 bits per heavy atom. The van der Waals surface area contributed by atoms with Gasteiger partial charge in [0, 0.05) is 11.7 Å². The molecule has 2 aromatic carbocycles. The SMILES string of the molecule is CN[C@H](C)c1cccc(NC(=O)c2c(N)ncn(-c3c(C)cccc3Cl)c2=O)c1. The first-order chi connectivity index (χ1) is 13.8. The van der Waals surface area contributed by atoms with E-state index < -0.39 is 11.5 Å². The zero-order valence-electron chi connectivity index (χ0n) is 16.4. The average Bonchev–Trinajstić information content (AvgIpc) is 2.69. The van der Waals surface area contributed by atoms with E-state index in [-0.39, 0.29) is 17.4 Å². The topological polar surface area (TPSA) is 102 Å². The quantitative estimate of drug-likeness (QED) is 0.597. The number of aryl methyl sites for hydroxylation is 1. The number of carbonyl (C=O) groups excluding carboxylic acids is 1. The van der Waals surface area contributed by atoms with E-state index >= 15 is 0 Å². The summed E-state index contributed by atoms with van der Waals surface area (Å²) in [6, 6.07) is 12.7. The molecule has 0 spiro atoms. The van der Waals surface area contributed by atoms with Crippen molar-refractivity contribution in [2.45, 2.75) is 19.9 Å². The highest BCUT2D eigenvalue weighted by atomic mass is 35.5. The maximum Gasteiger partial charge on any atom is 0.273 e. The van der Waals surface area contributed by atoms with Crippen LogP contribution in [0.4, 0.5) is 11.5 Å². The summed E-state index contributed by atoms with van der Waals surface area (Å²) >= 11 is 6.27. The largest absolute Gasteiger partial charge is 0.383 e. The van der Waals surface area contributed by atoms with Crippen LogP contribution in [0.25, 0.3) is 5.69 Å². The number of para-hydroxylation sites is 1. The van der Waals surface area contributed by atoms with Gasteiger partial charge in [-0.1, -0.05) is 35.9 Å². The number of nitrogens with one attached hydrogen (secondary N) is 2. The van der Waals surface area contributed by atoms with Gasteiger partial charge in [-0.3, -0.25) is 14.2 Å². The number of rotatable bonds is 5. The molecule has 0 fully saturated rings. The second kappa shape index (κ2) is 8.46. The summed E-state index contributed by atoms with van der Waals surface area (Å²) in [5.41, 5.74) is 7.82. The second-order valence-electron chi connectivity index (χ2n) is 6.68. The van der Waals surface area contributed by atoms with Gasteiger partial charge in [0.1, 0.15) is 17.7 Å². The van der Waals surface area contributed by atoms with Crippen molar-refractivity contribution < 1.29 is 4.79 Å². The van der Waals surface area contributed by atoms with Crippen LogP contribution in [0.1, 0.15) is 34.5 Å². The smallest absolute Gasteiger partial charge is 0.273 e. The summed E-state index contributed by atoms with van der Waals surface area (Å²) < 4.78 is 1.24. The van der Waals surface area contributed by atoms with Crippen LogP contribution >= 0.6 is 11.6 Å². The summed E-state index contributed by atoms with van der Waals surface area (Å²) in [7, 11) is 1.85. The van der Waals surface area contributed by atoms with Gasteiger partial charge in [0.15, 0.2) is 0 Å². The van der Waals surface area contributed by atoms with Gasteiger partial charge in [-0.25, -0.2) is 4.98 Å². The van der Waals surface area contributed by atoms with E-state index in [2.05, 4.69) is 15.6 Å². The summed E-state index contributed by atoms with van der Waals surface area (Å²) in [6.45, 7) is 3.82. The van der Waals surface area contributed by atoms with Crippen LogP contribution in [-0.4, -0.2) is 22.5 Å². The highest BCUT2D eigenvalue weighted by Crippen LogP contribution is 2.23. The summed E-state index contributed by atoms with van der Waals surface area (Å²) in [5, 5.41) is 6.25. The van der Waals surface area contributed by atoms with E-state index in [9.17, 15) is 9.59 Å². The maximum absolute atomic E-state index is 13.1. The molecule has 4 N–H and O–H groups in total. The third-order valence-electron chi connectivity index (χ3n) is 4.74. The van der Waals surface area contributed by atoms with Crippen LogP contribution in [0.15, 0.2) is 53.6 Å². The van der Waals surface area contributed by atoms with Gasteiger partial charge in [0.2, 0.25) is 0 Å². The number of amides is 1. The first-order valence-corrected chi connectivity index (χ1v) is 9.42. The second-order valence-corrected chi connectivity index (χ2v) is 7.08. The third kappa shape index (κ3) is 4.16. The average molecular weight is 412 g/mol. The Kier molecular flexibility index (Phi) is 6.00. The van der Waals surface area contributed by atoms with Gasteiger partial charge >= 0.3 is 0 Å². The lowest BCUT2D eigenvalue weighted by atomic mass is 10.1. The van der Waals surface area contributed by atoms with Crippen LogP contribution in [0.5, 0.6) is 0 Å². The third-order valence-corrected chi connectivity index (χ3v) is 5.04. The van der Waals surface area contributed by atoms with Crippen molar-refractivity contribution in [3.05, 3.63) is 80.9 Å². The number of halogens is 1. The van der Waals surface area contributed by atoms with Crippen molar-refractivity contribution in [1.82, 2.24) is 14.9 Å². The Labute approximate surface area is 173 Å². The minimum absolute atomic E-state index is 0.107. The number of nitrogens with zero attached hydrogens (tertiary/aromatic N) is 2. The van der Waals surface area contributed by atoms with Crippen LogP contribution < -0.4 is 21.9 Å². The Morgan fingerprint density at radius 3 is 2.66 bits per heavy atom. The number of hydrogen-bond acceptors (Lipinski definition) is 5. The molecule has 0 saturated carbocycles. The van der Waals surface area contributed by atoms with Crippen molar-refractivity contribution in [1.29, 1.82) is 0 Å². The minimum Gasteiger partial charge on any atom is -0.383 e. The van der Waals surface area contributed by atoms with E-state index in [1.54, 1.807) is 18.2 Å². The fraction of sp³-hybridized carbons (Fsp3) is 0.190. The molecular weight excluding hydrogens is 390 g/mol. The van der Waals surface area contributed by atoms with Crippen molar-refractivity contribution in [3.63, 3.8) is 0 Å². The van der Waals surface area contributed by atoms with Crippen LogP contribution in [0.3, 0.4) is 0 Å². The van der Waals surface area contributed by atoms with E-state index in [1.807, 2.05) is 45.2 Å². The predicted molar refractivity (Wildman–Crippen MR) is 116 cm³/mol. The number of carbonyl (C=O) groups is 1. The van der Waals surface area contributed by atoms with Crippen LogP contribution in [0.2, 0.25) is 5.02 Å². The summed E-state index contributed by atoms with van der Waals surface area (Å²) in [6.07, 6.45) is 1.28. The molecule has 3 rings (SSSR count).